The number of aliphatic hydroxyl groups excluding tert-OH is 1. The van der Waals surface area contributed by atoms with Gasteiger partial charge in [0.1, 0.15) is 0 Å². The predicted molar refractivity (Wildman–Crippen MR) is 69.8 cm³/mol. The number of thioether (sulfide) groups is 1. The normalized spacial score (nSPS) is 14.1. The summed E-state index contributed by atoms with van der Waals surface area (Å²) in [5.74, 6) is 0.284. The van der Waals surface area contributed by atoms with Gasteiger partial charge in [0.25, 0.3) is 0 Å². The van der Waals surface area contributed by atoms with E-state index >= 15 is 0 Å². The van der Waals surface area contributed by atoms with Crippen LogP contribution < -0.4 is 11.1 Å². The number of carbonyl (C=O) groups is 1. The fraction of sp³-hybridized carbons (Fsp3) is 0.417. The first-order chi connectivity index (χ1) is 8.09. The highest BCUT2D eigenvalue weighted by molar-refractivity contribution is 8.00. The Kier molecular flexibility index (Phi) is 6.04. The molecule has 2 unspecified atom stereocenters. The van der Waals surface area contributed by atoms with Crippen LogP contribution in [0.3, 0.4) is 0 Å². The zero-order chi connectivity index (χ0) is 12.7. The molecule has 4 N–H and O–H groups in total. The summed E-state index contributed by atoms with van der Waals surface area (Å²) in [6.07, 6.45) is -0.614. The third-order valence-corrected chi connectivity index (χ3v) is 3.28. The van der Waals surface area contributed by atoms with E-state index in [0.29, 0.717) is 12.3 Å². The number of hydrogen-bond donors (Lipinski definition) is 3. The summed E-state index contributed by atoms with van der Waals surface area (Å²) in [5, 5.41) is 11.8. The van der Waals surface area contributed by atoms with E-state index in [1.807, 2.05) is 30.3 Å². The highest BCUT2D eigenvalue weighted by atomic mass is 32.2. The lowest BCUT2D eigenvalue weighted by Crippen LogP contribution is -2.44. The third-order valence-electron chi connectivity index (χ3n) is 2.27. The van der Waals surface area contributed by atoms with E-state index in [-0.39, 0.29) is 5.91 Å². The summed E-state index contributed by atoms with van der Waals surface area (Å²) in [6.45, 7) is 1.90. The molecular weight excluding hydrogens is 236 g/mol. The zero-order valence-corrected chi connectivity index (χ0v) is 10.6. The van der Waals surface area contributed by atoms with E-state index in [4.69, 9.17) is 10.8 Å². The lowest BCUT2D eigenvalue weighted by Gasteiger charge is -2.15. The van der Waals surface area contributed by atoms with Gasteiger partial charge in [-0.05, 0) is 19.1 Å². The monoisotopic (exact) mass is 254 g/mol. The second-order valence-electron chi connectivity index (χ2n) is 3.81. The Morgan fingerprint density at radius 3 is 2.71 bits per heavy atom. The topological polar surface area (TPSA) is 75.3 Å². The second kappa shape index (κ2) is 7.32. The summed E-state index contributed by atoms with van der Waals surface area (Å²) < 4.78 is 0. The number of nitrogens with one attached hydrogen (secondary N) is 1. The smallest absolute Gasteiger partial charge is 0.230 e. The number of amides is 1. The van der Waals surface area contributed by atoms with Crippen molar-refractivity contribution in [3.05, 3.63) is 30.3 Å². The maximum absolute atomic E-state index is 11.5. The standard InChI is InChI=1S/C12H18N2O2S/c1-9(15)11(13)7-14-12(16)8-17-10-5-3-2-4-6-10/h2-6,9,11,15H,7-8,13H2,1H3,(H,14,16). The van der Waals surface area contributed by atoms with Crippen molar-refractivity contribution < 1.29 is 9.90 Å². The molecule has 1 aromatic carbocycles. The average Bonchev–Trinajstić information content (AvgIpc) is 2.34. The molecule has 0 aliphatic rings. The Morgan fingerprint density at radius 1 is 1.47 bits per heavy atom. The molecule has 0 heterocycles. The first-order valence-electron chi connectivity index (χ1n) is 5.48. The molecule has 4 nitrogen and oxygen atoms in total. The number of carbonyl (C=O) groups excluding carboxylic acids is 1. The molecule has 0 bridgehead atoms. The Labute approximate surface area is 106 Å². The number of hydrogen-bond acceptors (Lipinski definition) is 4. The molecule has 1 rings (SSSR count). The SMILES string of the molecule is CC(O)C(N)CNC(=O)CSc1ccccc1. The molecule has 0 radical (unpaired) electrons. The van der Waals surface area contributed by atoms with Gasteiger partial charge in [0.05, 0.1) is 11.9 Å². The molecule has 1 amide bonds. The number of aliphatic hydroxyl groups is 1. The summed E-state index contributed by atoms with van der Waals surface area (Å²) in [5.41, 5.74) is 5.60. The first-order valence-corrected chi connectivity index (χ1v) is 6.46. The quantitative estimate of drug-likeness (QED) is 0.650. The van der Waals surface area contributed by atoms with Gasteiger partial charge in [-0.1, -0.05) is 18.2 Å². The van der Waals surface area contributed by atoms with Crippen LogP contribution >= 0.6 is 11.8 Å². The largest absolute Gasteiger partial charge is 0.392 e. The van der Waals surface area contributed by atoms with Gasteiger partial charge in [-0.3, -0.25) is 4.79 Å². The number of rotatable bonds is 6. The second-order valence-corrected chi connectivity index (χ2v) is 4.86. The highest BCUT2D eigenvalue weighted by Gasteiger charge is 2.10. The summed E-state index contributed by atoms with van der Waals surface area (Å²) >= 11 is 1.47. The van der Waals surface area contributed by atoms with Crippen molar-refractivity contribution in [1.29, 1.82) is 0 Å². The van der Waals surface area contributed by atoms with Crippen molar-refractivity contribution in [3.8, 4) is 0 Å². The minimum atomic E-state index is -0.614. The van der Waals surface area contributed by atoms with Crippen LogP contribution in [0, 0.1) is 0 Å². The Hall–Kier alpha value is -1.04. The van der Waals surface area contributed by atoms with Gasteiger partial charge < -0.3 is 16.2 Å². The highest BCUT2D eigenvalue weighted by Crippen LogP contribution is 2.15. The summed E-state index contributed by atoms with van der Waals surface area (Å²) in [7, 11) is 0. The van der Waals surface area contributed by atoms with Crippen LogP contribution in [0.25, 0.3) is 0 Å². The Balaban J connectivity index is 2.22. The van der Waals surface area contributed by atoms with E-state index in [0.717, 1.165) is 4.90 Å². The number of nitrogens with two attached hydrogens (primary N) is 1. The first kappa shape index (κ1) is 14.0. The summed E-state index contributed by atoms with van der Waals surface area (Å²) in [4.78, 5) is 12.5. The van der Waals surface area contributed by atoms with Crippen molar-refractivity contribution >= 4 is 17.7 Å². The van der Waals surface area contributed by atoms with Crippen molar-refractivity contribution in [2.45, 2.75) is 24.0 Å². The zero-order valence-electron chi connectivity index (χ0n) is 9.80. The van der Waals surface area contributed by atoms with Crippen molar-refractivity contribution in [1.82, 2.24) is 5.32 Å². The summed E-state index contributed by atoms with van der Waals surface area (Å²) in [6, 6.07) is 9.30. The Bertz CT molecular complexity index is 344. The average molecular weight is 254 g/mol. The van der Waals surface area contributed by atoms with Crippen LogP contribution in [-0.2, 0) is 4.79 Å². The lowest BCUT2D eigenvalue weighted by atomic mass is 10.2. The van der Waals surface area contributed by atoms with Crippen LogP contribution in [0.4, 0.5) is 0 Å². The van der Waals surface area contributed by atoms with Gasteiger partial charge in [0.2, 0.25) is 5.91 Å². The molecule has 0 saturated heterocycles. The van der Waals surface area contributed by atoms with Crippen LogP contribution in [0.2, 0.25) is 0 Å². The van der Waals surface area contributed by atoms with Crippen LogP contribution in [-0.4, -0.2) is 35.5 Å². The van der Waals surface area contributed by atoms with Gasteiger partial charge in [-0.2, -0.15) is 0 Å². The van der Waals surface area contributed by atoms with E-state index in [1.165, 1.54) is 11.8 Å². The maximum atomic E-state index is 11.5. The molecule has 0 aliphatic heterocycles. The van der Waals surface area contributed by atoms with Crippen molar-refractivity contribution in [3.63, 3.8) is 0 Å². The predicted octanol–water partition coefficient (Wildman–Crippen LogP) is 0.603. The third kappa shape index (κ3) is 5.72. The van der Waals surface area contributed by atoms with Gasteiger partial charge in [0.15, 0.2) is 0 Å². The number of benzene rings is 1. The van der Waals surface area contributed by atoms with E-state index in [9.17, 15) is 4.79 Å². The molecule has 0 aliphatic carbocycles. The van der Waals surface area contributed by atoms with Crippen LogP contribution in [0.5, 0.6) is 0 Å². The fourth-order valence-corrected chi connectivity index (χ4v) is 1.87. The molecule has 2 atom stereocenters. The van der Waals surface area contributed by atoms with Crippen LogP contribution in [0.15, 0.2) is 35.2 Å². The minimum absolute atomic E-state index is 0.0741. The van der Waals surface area contributed by atoms with Crippen LogP contribution in [0.1, 0.15) is 6.92 Å². The lowest BCUT2D eigenvalue weighted by molar-refractivity contribution is -0.118. The molecule has 94 valence electrons. The van der Waals surface area contributed by atoms with Gasteiger partial charge in [-0.25, -0.2) is 0 Å². The van der Waals surface area contributed by atoms with E-state index in [1.54, 1.807) is 6.92 Å². The van der Waals surface area contributed by atoms with Gasteiger partial charge in [0, 0.05) is 17.5 Å². The molecule has 5 heteroatoms. The van der Waals surface area contributed by atoms with E-state index < -0.39 is 12.1 Å². The van der Waals surface area contributed by atoms with Crippen molar-refractivity contribution in [2.24, 2.45) is 5.73 Å². The van der Waals surface area contributed by atoms with Gasteiger partial charge in [-0.15, -0.1) is 11.8 Å². The molecule has 0 fully saturated rings. The fourth-order valence-electron chi connectivity index (χ4n) is 1.12. The van der Waals surface area contributed by atoms with E-state index in [2.05, 4.69) is 5.32 Å². The molecular formula is C12H18N2O2S. The van der Waals surface area contributed by atoms with Crippen molar-refractivity contribution in [2.75, 3.05) is 12.3 Å². The molecule has 0 spiro atoms. The molecule has 1 aromatic rings. The minimum Gasteiger partial charge on any atom is -0.392 e. The molecule has 0 saturated carbocycles. The Morgan fingerprint density at radius 2 is 2.12 bits per heavy atom. The molecule has 0 aromatic heterocycles. The van der Waals surface area contributed by atoms with Gasteiger partial charge >= 0.3 is 0 Å². The maximum Gasteiger partial charge on any atom is 0.230 e. The molecule has 17 heavy (non-hydrogen) atoms.